The zero-order valence-corrected chi connectivity index (χ0v) is 7.60. The van der Waals surface area contributed by atoms with Crippen molar-refractivity contribution in [2.45, 2.75) is 0 Å². The summed E-state index contributed by atoms with van der Waals surface area (Å²) in [6.45, 7) is 0. The highest BCUT2D eigenvalue weighted by atomic mass is 32.1. The van der Waals surface area contributed by atoms with E-state index in [4.69, 9.17) is 6.42 Å². The standard InChI is InChI=1S/C11H6OS/c1-2-8-3-4-11-9(5-8)6-10(7-12)13-11/h1,3-7H. The Morgan fingerprint density at radius 2 is 2.23 bits per heavy atom. The second-order valence-corrected chi connectivity index (χ2v) is 3.78. The summed E-state index contributed by atoms with van der Waals surface area (Å²) < 4.78 is 1.10. The lowest BCUT2D eigenvalue weighted by molar-refractivity contribution is 0.112. The summed E-state index contributed by atoms with van der Waals surface area (Å²) in [7, 11) is 0. The third kappa shape index (κ3) is 1.34. The first kappa shape index (κ1) is 8.03. The van der Waals surface area contributed by atoms with E-state index in [2.05, 4.69) is 5.92 Å². The van der Waals surface area contributed by atoms with E-state index in [1.165, 1.54) is 11.3 Å². The van der Waals surface area contributed by atoms with E-state index in [0.717, 1.165) is 26.8 Å². The molecule has 2 heteroatoms. The number of hydrogen-bond acceptors (Lipinski definition) is 2. The van der Waals surface area contributed by atoms with Crippen LogP contribution in [0, 0.1) is 12.3 Å². The molecule has 0 aliphatic rings. The maximum absolute atomic E-state index is 10.5. The van der Waals surface area contributed by atoms with E-state index in [9.17, 15) is 4.79 Å². The number of fused-ring (bicyclic) bond motifs is 1. The van der Waals surface area contributed by atoms with Crippen molar-refractivity contribution in [1.82, 2.24) is 0 Å². The SMILES string of the molecule is C#Cc1ccc2sc(C=O)cc2c1. The maximum atomic E-state index is 10.5. The highest BCUT2D eigenvalue weighted by Crippen LogP contribution is 2.25. The Balaban J connectivity index is 2.72. The van der Waals surface area contributed by atoms with Gasteiger partial charge in [0.05, 0.1) is 4.88 Å². The predicted octanol–water partition coefficient (Wildman–Crippen LogP) is 2.70. The molecule has 0 saturated heterocycles. The van der Waals surface area contributed by atoms with E-state index in [1.54, 1.807) is 0 Å². The molecule has 1 aromatic carbocycles. The number of rotatable bonds is 1. The minimum atomic E-state index is 0.740. The van der Waals surface area contributed by atoms with Crippen LogP contribution in [-0.2, 0) is 0 Å². The summed E-state index contributed by atoms with van der Waals surface area (Å²) in [6, 6.07) is 7.60. The van der Waals surface area contributed by atoms with Gasteiger partial charge in [-0.15, -0.1) is 17.8 Å². The fourth-order valence-corrected chi connectivity index (χ4v) is 2.07. The molecule has 0 N–H and O–H groups in total. The number of hydrogen-bond donors (Lipinski definition) is 0. The molecular weight excluding hydrogens is 180 g/mol. The molecule has 13 heavy (non-hydrogen) atoms. The Morgan fingerprint density at radius 3 is 2.92 bits per heavy atom. The van der Waals surface area contributed by atoms with Crippen molar-refractivity contribution < 1.29 is 4.79 Å². The molecule has 0 spiro atoms. The fourth-order valence-electron chi connectivity index (χ4n) is 1.21. The normalized spacial score (nSPS) is 9.77. The van der Waals surface area contributed by atoms with Crippen molar-refractivity contribution in [1.29, 1.82) is 0 Å². The monoisotopic (exact) mass is 186 g/mol. The maximum Gasteiger partial charge on any atom is 0.160 e. The van der Waals surface area contributed by atoms with Crippen LogP contribution in [0.1, 0.15) is 15.2 Å². The molecule has 1 nitrogen and oxygen atoms in total. The number of aldehydes is 1. The van der Waals surface area contributed by atoms with E-state index in [-0.39, 0.29) is 0 Å². The van der Waals surface area contributed by atoms with E-state index in [1.807, 2.05) is 24.3 Å². The van der Waals surface area contributed by atoms with Gasteiger partial charge in [-0.05, 0) is 29.7 Å². The van der Waals surface area contributed by atoms with Crippen LogP contribution in [0.25, 0.3) is 10.1 Å². The van der Waals surface area contributed by atoms with Crippen LogP contribution in [-0.4, -0.2) is 6.29 Å². The van der Waals surface area contributed by atoms with Gasteiger partial charge in [0.1, 0.15) is 0 Å². The molecule has 0 amide bonds. The van der Waals surface area contributed by atoms with Crippen LogP contribution in [0.5, 0.6) is 0 Å². The smallest absolute Gasteiger partial charge is 0.160 e. The van der Waals surface area contributed by atoms with Gasteiger partial charge in [0.25, 0.3) is 0 Å². The van der Waals surface area contributed by atoms with Gasteiger partial charge in [-0.1, -0.05) is 5.92 Å². The van der Waals surface area contributed by atoms with Gasteiger partial charge in [0.15, 0.2) is 6.29 Å². The first-order chi connectivity index (χ1) is 6.33. The number of benzene rings is 1. The lowest BCUT2D eigenvalue weighted by Crippen LogP contribution is -1.70. The topological polar surface area (TPSA) is 17.1 Å². The average Bonchev–Trinajstić information content (AvgIpc) is 2.58. The predicted molar refractivity (Wildman–Crippen MR) is 55.1 cm³/mol. The summed E-state index contributed by atoms with van der Waals surface area (Å²) >= 11 is 1.48. The Kier molecular flexibility index (Phi) is 1.88. The molecule has 1 aromatic heterocycles. The molecule has 0 unspecified atom stereocenters. The molecule has 2 rings (SSSR count). The second kappa shape index (κ2) is 3.04. The van der Waals surface area contributed by atoms with Crippen LogP contribution < -0.4 is 0 Å². The van der Waals surface area contributed by atoms with Crippen LogP contribution in [0.2, 0.25) is 0 Å². The highest BCUT2D eigenvalue weighted by Gasteiger charge is 2.00. The molecule has 0 atom stereocenters. The fraction of sp³-hybridized carbons (Fsp3) is 0. The summed E-state index contributed by atoms with van der Waals surface area (Å²) in [6.07, 6.45) is 6.13. The van der Waals surface area contributed by atoms with Crippen molar-refractivity contribution in [3.8, 4) is 12.3 Å². The van der Waals surface area contributed by atoms with E-state index >= 15 is 0 Å². The van der Waals surface area contributed by atoms with Crippen molar-refractivity contribution >= 4 is 27.7 Å². The lowest BCUT2D eigenvalue weighted by atomic mass is 10.2. The number of carbonyl (C=O) groups is 1. The van der Waals surface area contributed by atoms with E-state index < -0.39 is 0 Å². The van der Waals surface area contributed by atoms with E-state index in [0.29, 0.717) is 0 Å². The van der Waals surface area contributed by atoms with Crippen molar-refractivity contribution in [3.63, 3.8) is 0 Å². The Labute approximate surface area is 80.0 Å². The molecule has 0 fully saturated rings. The summed E-state index contributed by atoms with van der Waals surface area (Å²) in [5.74, 6) is 2.56. The third-order valence-electron chi connectivity index (χ3n) is 1.82. The van der Waals surface area contributed by atoms with Gasteiger partial charge in [0.2, 0.25) is 0 Å². The summed E-state index contributed by atoms with van der Waals surface area (Å²) in [5, 5.41) is 1.04. The molecule has 0 aliphatic carbocycles. The summed E-state index contributed by atoms with van der Waals surface area (Å²) in [4.78, 5) is 11.2. The third-order valence-corrected chi connectivity index (χ3v) is 2.86. The average molecular weight is 186 g/mol. The van der Waals surface area contributed by atoms with Crippen molar-refractivity contribution in [3.05, 3.63) is 34.7 Å². The molecule has 0 aliphatic heterocycles. The van der Waals surface area contributed by atoms with Gasteiger partial charge >= 0.3 is 0 Å². The van der Waals surface area contributed by atoms with Gasteiger partial charge < -0.3 is 0 Å². The van der Waals surface area contributed by atoms with Gasteiger partial charge in [-0.2, -0.15) is 0 Å². The Hall–Kier alpha value is -1.59. The molecule has 0 radical (unpaired) electrons. The molecule has 0 bridgehead atoms. The Morgan fingerprint density at radius 1 is 1.38 bits per heavy atom. The minimum Gasteiger partial charge on any atom is -0.297 e. The molecule has 2 aromatic rings. The number of thiophene rings is 1. The Bertz CT molecular complexity index is 502. The quantitative estimate of drug-likeness (QED) is 0.494. The first-order valence-electron chi connectivity index (χ1n) is 3.79. The zero-order chi connectivity index (χ0) is 9.26. The van der Waals surface area contributed by atoms with Crippen LogP contribution in [0.3, 0.4) is 0 Å². The van der Waals surface area contributed by atoms with Crippen molar-refractivity contribution in [2.75, 3.05) is 0 Å². The van der Waals surface area contributed by atoms with Crippen LogP contribution in [0.4, 0.5) is 0 Å². The van der Waals surface area contributed by atoms with Gasteiger partial charge in [-0.3, -0.25) is 4.79 Å². The van der Waals surface area contributed by atoms with Crippen molar-refractivity contribution in [2.24, 2.45) is 0 Å². The zero-order valence-electron chi connectivity index (χ0n) is 6.78. The second-order valence-electron chi connectivity index (χ2n) is 2.66. The molecular formula is C11H6OS. The number of carbonyl (C=O) groups excluding carboxylic acids is 1. The van der Waals surface area contributed by atoms with Gasteiger partial charge in [0, 0.05) is 10.3 Å². The largest absolute Gasteiger partial charge is 0.297 e. The highest BCUT2D eigenvalue weighted by molar-refractivity contribution is 7.20. The first-order valence-corrected chi connectivity index (χ1v) is 4.60. The van der Waals surface area contributed by atoms with Crippen LogP contribution in [0.15, 0.2) is 24.3 Å². The molecule has 0 saturated carbocycles. The van der Waals surface area contributed by atoms with Gasteiger partial charge in [-0.25, -0.2) is 0 Å². The lowest BCUT2D eigenvalue weighted by Gasteiger charge is -1.89. The van der Waals surface area contributed by atoms with Crippen LogP contribution >= 0.6 is 11.3 Å². The molecule has 62 valence electrons. The number of terminal acetylenes is 1. The molecule has 1 heterocycles. The summed E-state index contributed by atoms with van der Waals surface area (Å²) in [5.41, 5.74) is 0.850. The minimum absolute atomic E-state index is 0.740.